The predicted octanol–water partition coefficient (Wildman–Crippen LogP) is 3.20. The maximum atomic E-state index is 13.4. The highest BCUT2D eigenvalue weighted by Gasteiger charge is 2.42. The molecule has 32 heavy (non-hydrogen) atoms. The fourth-order valence-corrected chi connectivity index (χ4v) is 5.03. The molecule has 0 aromatic heterocycles. The molecular formula is C23H21N3O4S2. The van der Waals surface area contributed by atoms with E-state index in [-0.39, 0.29) is 28.8 Å². The summed E-state index contributed by atoms with van der Waals surface area (Å²) in [6, 6.07) is 14.6. The first-order valence-electron chi connectivity index (χ1n) is 9.95. The van der Waals surface area contributed by atoms with E-state index >= 15 is 0 Å². The van der Waals surface area contributed by atoms with Crippen molar-refractivity contribution in [1.82, 2.24) is 4.90 Å². The monoisotopic (exact) mass is 467 g/mol. The largest absolute Gasteiger partial charge is 0.383 e. The fraction of sp³-hybridized carbons (Fsp3) is 0.217. The van der Waals surface area contributed by atoms with Gasteiger partial charge in [0.15, 0.2) is 0 Å². The van der Waals surface area contributed by atoms with E-state index in [0.717, 1.165) is 17.3 Å². The number of methoxy groups -OCH3 is 1. The van der Waals surface area contributed by atoms with Crippen LogP contribution in [0.4, 0.5) is 11.4 Å². The van der Waals surface area contributed by atoms with Crippen molar-refractivity contribution in [3.63, 3.8) is 0 Å². The Bertz CT molecular complexity index is 1160. The first-order valence-corrected chi connectivity index (χ1v) is 11.2. The Kier molecular flexibility index (Phi) is 6.40. The van der Waals surface area contributed by atoms with Gasteiger partial charge in [-0.15, -0.1) is 0 Å². The standard InChI is InChI=1S/C23H21N3O4S2/c1-14-6-5-7-15(12-14)24-18(27)13-26-17-9-4-3-8-16(17)19(21(26)28)20-22(29)25(10-11-30-2)23(31)32-20/h3-9,12H,10-11,13H2,1-2H3,(H,24,27)/b20-19+. The molecule has 0 atom stereocenters. The number of anilines is 2. The summed E-state index contributed by atoms with van der Waals surface area (Å²) in [4.78, 5) is 42.3. The van der Waals surface area contributed by atoms with Crippen molar-refractivity contribution < 1.29 is 19.1 Å². The van der Waals surface area contributed by atoms with Crippen LogP contribution in [0.15, 0.2) is 53.4 Å². The SMILES string of the molecule is COCCN1C(=O)/C(=C2\C(=O)N(CC(=O)Nc3cccc(C)c3)c3ccccc32)SC1=S. The number of carbonyl (C=O) groups is 3. The molecule has 164 valence electrons. The van der Waals surface area contributed by atoms with Crippen LogP contribution >= 0.6 is 24.0 Å². The molecule has 0 bridgehead atoms. The van der Waals surface area contributed by atoms with Gasteiger partial charge in [-0.2, -0.15) is 0 Å². The lowest BCUT2D eigenvalue weighted by Crippen LogP contribution is -2.35. The Hall–Kier alpha value is -3.01. The molecule has 2 aliphatic heterocycles. The van der Waals surface area contributed by atoms with Crippen molar-refractivity contribution in [2.45, 2.75) is 6.92 Å². The number of nitrogens with one attached hydrogen (secondary N) is 1. The Morgan fingerprint density at radius 1 is 1.09 bits per heavy atom. The van der Waals surface area contributed by atoms with Gasteiger partial charge < -0.3 is 10.1 Å². The third kappa shape index (κ3) is 4.19. The number of rotatable bonds is 6. The van der Waals surface area contributed by atoms with Gasteiger partial charge in [0.2, 0.25) is 5.91 Å². The summed E-state index contributed by atoms with van der Waals surface area (Å²) < 4.78 is 5.44. The average Bonchev–Trinajstić information content (AvgIpc) is 3.19. The molecule has 2 aromatic carbocycles. The van der Waals surface area contributed by atoms with Gasteiger partial charge in [0.05, 0.1) is 29.3 Å². The number of amides is 3. The van der Waals surface area contributed by atoms with Crippen LogP contribution in [-0.4, -0.2) is 53.7 Å². The Morgan fingerprint density at radius 3 is 2.62 bits per heavy atom. The molecular weight excluding hydrogens is 446 g/mol. The number of benzene rings is 2. The van der Waals surface area contributed by atoms with Crippen LogP contribution in [0, 0.1) is 6.92 Å². The van der Waals surface area contributed by atoms with Gasteiger partial charge in [-0.1, -0.05) is 54.3 Å². The molecule has 2 aromatic rings. The number of fused-ring (bicyclic) bond motifs is 1. The summed E-state index contributed by atoms with van der Waals surface area (Å²) >= 11 is 6.46. The Morgan fingerprint density at radius 2 is 1.88 bits per heavy atom. The summed E-state index contributed by atoms with van der Waals surface area (Å²) in [5, 5.41) is 2.83. The number of thiocarbonyl (C=S) groups is 1. The molecule has 1 N–H and O–H groups in total. The number of nitrogens with zero attached hydrogens (tertiary/aromatic N) is 2. The third-order valence-electron chi connectivity index (χ3n) is 5.12. The Balaban J connectivity index is 1.63. The third-order valence-corrected chi connectivity index (χ3v) is 6.57. The molecule has 9 heteroatoms. The zero-order chi connectivity index (χ0) is 22.8. The second kappa shape index (κ2) is 9.23. The second-order valence-electron chi connectivity index (χ2n) is 7.35. The molecule has 2 heterocycles. The van der Waals surface area contributed by atoms with Gasteiger partial charge >= 0.3 is 0 Å². The molecule has 0 radical (unpaired) electrons. The zero-order valence-corrected chi connectivity index (χ0v) is 19.2. The highest BCUT2D eigenvalue weighted by atomic mass is 32.2. The van der Waals surface area contributed by atoms with Crippen LogP contribution in [0.25, 0.3) is 5.57 Å². The van der Waals surface area contributed by atoms with Crippen LogP contribution in [0.1, 0.15) is 11.1 Å². The van der Waals surface area contributed by atoms with Gasteiger partial charge in [-0.05, 0) is 30.7 Å². The first kappa shape index (κ1) is 22.2. The maximum absolute atomic E-state index is 13.4. The smallest absolute Gasteiger partial charge is 0.267 e. The van der Waals surface area contributed by atoms with Crippen molar-refractivity contribution in [2.24, 2.45) is 0 Å². The number of carbonyl (C=O) groups excluding carboxylic acids is 3. The zero-order valence-electron chi connectivity index (χ0n) is 17.6. The van der Waals surface area contributed by atoms with Crippen LogP contribution in [0.3, 0.4) is 0 Å². The number of hydrogen-bond donors (Lipinski definition) is 1. The fourth-order valence-electron chi connectivity index (χ4n) is 3.65. The second-order valence-corrected chi connectivity index (χ2v) is 8.99. The number of thioether (sulfide) groups is 1. The molecule has 0 saturated carbocycles. The van der Waals surface area contributed by atoms with E-state index in [4.69, 9.17) is 17.0 Å². The number of aryl methyl sites for hydroxylation is 1. The highest BCUT2D eigenvalue weighted by Crippen LogP contribution is 2.44. The van der Waals surface area contributed by atoms with E-state index in [0.29, 0.717) is 34.4 Å². The number of ether oxygens (including phenoxy) is 1. The molecule has 1 fully saturated rings. The van der Waals surface area contributed by atoms with E-state index in [1.807, 2.05) is 25.1 Å². The normalized spacial score (nSPS) is 17.9. The molecule has 2 aliphatic rings. The van der Waals surface area contributed by atoms with Crippen molar-refractivity contribution in [3.05, 3.63) is 64.6 Å². The van der Waals surface area contributed by atoms with Crippen LogP contribution in [0.2, 0.25) is 0 Å². The van der Waals surface area contributed by atoms with Gasteiger partial charge in [-0.25, -0.2) is 0 Å². The van der Waals surface area contributed by atoms with Crippen molar-refractivity contribution in [3.8, 4) is 0 Å². The summed E-state index contributed by atoms with van der Waals surface area (Å²) in [7, 11) is 1.55. The van der Waals surface area contributed by atoms with E-state index in [9.17, 15) is 14.4 Å². The molecule has 7 nitrogen and oxygen atoms in total. The lowest BCUT2D eigenvalue weighted by molar-refractivity contribution is -0.122. The summed E-state index contributed by atoms with van der Waals surface area (Å²) in [6.45, 7) is 2.42. The minimum absolute atomic E-state index is 0.169. The molecule has 0 unspecified atom stereocenters. The molecule has 1 saturated heterocycles. The number of para-hydroxylation sites is 1. The van der Waals surface area contributed by atoms with Crippen molar-refractivity contribution >= 4 is 63.0 Å². The quantitative estimate of drug-likeness (QED) is 0.519. The van der Waals surface area contributed by atoms with E-state index in [1.165, 1.54) is 9.80 Å². The van der Waals surface area contributed by atoms with Crippen molar-refractivity contribution in [1.29, 1.82) is 0 Å². The van der Waals surface area contributed by atoms with Gasteiger partial charge in [0.25, 0.3) is 11.8 Å². The van der Waals surface area contributed by atoms with Crippen LogP contribution < -0.4 is 10.2 Å². The van der Waals surface area contributed by atoms with Crippen LogP contribution in [-0.2, 0) is 19.1 Å². The highest BCUT2D eigenvalue weighted by molar-refractivity contribution is 8.26. The van der Waals surface area contributed by atoms with E-state index < -0.39 is 5.91 Å². The van der Waals surface area contributed by atoms with E-state index in [1.54, 1.807) is 37.4 Å². The predicted molar refractivity (Wildman–Crippen MR) is 129 cm³/mol. The molecule has 0 aliphatic carbocycles. The summed E-state index contributed by atoms with van der Waals surface area (Å²) in [6.07, 6.45) is 0. The van der Waals surface area contributed by atoms with Crippen molar-refractivity contribution in [2.75, 3.05) is 37.0 Å². The summed E-state index contributed by atoms with van der Waals surface area (Å²) in [5.41, 5.74) is 3.17. The molecule has 4 rings (SSSR count). The minimum Gasteiger partial charge on any atom is -0.383 e. The Labute approximate surface area is 195 Å². The lowest BCUT2D eigenvalue weighted by Gasteiger charge is -2.17. The van der Waals surface area contributed by atoms with Gasteiger partial charge in [-0.3, -0.25) is 24.2 Å². The topological polar surface area (TPSA) is 79.0 Å². The first-order chi connectivity index (χ1) is 15.4. The lowest BCUT2D eigenvalue weighted by atomic mass is 10.1. The summed E-state index contributed by atoms with van der Waals surface area (Å²) in [5.74, 6) is -1.04. The van der Waals surface area contributed by atoms with Gasteiger partial charge in [0, 0.05) is 18.4 Å². The van der Waals surface area contributed by atoms with Crippen LogP contribution in [0.5, 0.6) is 0 Å². The van der Waals surface area contributed by atoms with Gasteiger partial charge in [0.1, 0.15) is 10.9 Å². The minimum atomic E-state index is -0.391. The number of hydrogen-bond acceptors (Lipinski definition) is 6. The molecule has 0 spiro atoms. The van der Waals surface area contributed by atoms with E-state index in [2.05, 4.69) is 5.32 Å². The molecule has 3 amide bonds. The maximum Gasteiger partial charge on any atom is 0.267 e. The average molecular weight is 468 g/mol.